The monoisotopic (exact) mass is 262 g/mol. The topological polar surface area (TPSA) is 73.6 Å². The second-order valence-corrected chi connectivity index (χ2v) is 5.15. The van der Waals surface area contributed by atoms with Crippen LogP contribution in [-0.4, -0.2) is 31.3 Å². The highest BCUT2D eigenvalue weighted by molar-refractivity contribution is 5.92. The van der Waals surface area contributed by atoms with Gasteiger partial charge in [-0.3, -0.25) is 0 Å². The van der Waals surface area contributed by atoms with Crippen molar-refractivity contribution in [2.24, 2.45) is 0 Å². The van der Waals surface area contributed by atoms with Gasteiger partial charge >= 0.3 is 5.97 Å². The fraction of sp³-hybridized carbons (Fsp3) is 0.500. The number of nitrogens with two attached hydrogens (primary N) is 1. The first-order valence-electron chi connectivity index (χ1n) is 6.57. The SMILES string of the molecule is COC(=O)c1ccc(N)c(N[C@@H]2C[C@@H]3CC[C@H]2O3)c1. The van der Waals surface area contributed by atoms with E-state index in [1.165, 1.54) is 7.11 Å². The van der Waals surface area contributed by atoms with E-state index in [2.05, 4.69) is 5.32 Å². The average Bonchev–Trinajstić information content (AvgIpc) is 3.02. The molecule has 0 unspecified atom stereocenters. The molecule has 5 heteroatoms. The maximum atomic E-state index is 11.5. The standard InChI is InChI=1S/C14H18N2O3/c1-18-14(17)8-2-4-10(15)11(6-8)16-12-7-9-3-5-13(12)19-9/h2,4,6,9,12-13,16H,3,5,7,15H2,1H3/t9-,12+,13+/m0/s1. The molecule has 5 nitrogen and oxygen atoms in total. The Kier molecular flexibility index (Phi) is 3.06. The number of nitrogens with one attached hydrogen (secondary N) is 1. The van der Waals surface area contributed by atoms with Gasteiger partial charge in [0.25, 0.3) is 0 Å². The first-order valence-corrected chi connectivity index (χ1v) is 6.57. The van der Waals surface area contributed by atoms with Gasteiger partial charge in [-0.05, 0) is 37.5 Å². The van der Waals surface area contributed by atoms with E-state index in [0.29, 0.717) is 17.4 Å². The Morgan fingerprint density at radius 1 is 1.47 bits per heavy atom. The lowest BCUT2D eigenvalue weighted by atomic mass is 9.95. The summed E-state index contributed by atoms with van der Waals surface area (Å²) in [6.07, 6.45) is 3.91. The van der Waals surface area contributed by atoms with Crippen LogP contribution in [0.15, 0.2) is 18.2 Å². The Morgan fingerprint density at radius 3 is 2.95 bits per heavy atom. The first-order chi connectivity index (χ1) is 9.17. The van der Waals surface area contributed by atoms with Gasteiger partial charge in [-0.15, -0.1) is 0 Å². The second kappa shape index (κ2) is 4.74. The number of hydrogen-bond donors (Lipinski definition) is 2. The Bertz CT molecular complexity index is 503. The number of carbonyl (C=O) groups excluding carboxylic acids is 1. The maximum absolute atomic E-state index is 11.5. The number of nitrogen functional groups attached to an aromatic ring is 1. The summed E-state index contributed by atoms with van der Waals surface area (Å²) in [5.41, 5.74) is 7.87. The van der Waals surface area contributed by atoms with Crippen molar-refractivity contribution in [3.8, 4) is 0 Å². The quantitative estimate of drug-likeness (QED) is 0.641. The normalized spacial score (nSPS) is 28.4. The summed E-state index contributed by atoms with van der Waals surface area (Å²) in [7, 11) is 1.37. The second-order valence-electron chi connectivity index (χ2n) is 5.15. The molecule has 3 N–H and O–H groups in total. The van der Waals surface area contributed by atoms with Crippen molar-refractivity contribution >= 4 is 17.3 Å². The molecule has 0 spiro atoms. The zero-order chi connectivity index (χ0) is 13.4. The van der Waals surface area contributed by atoms with Gasteiger partial charge < -0.3 is 20.5 Å². The lowest BCUT2D eigenvalue weighted by Gasteiger charge is -2.22. The van der Waals surface area contributed by atoms with Gasteiger partial charge in [0.2, 0.25) is 0 Å². The Labute approximate surface area is 112 Å². The van der Waals surface area contributed by atoms with E-state index >= 15 is 0 Å². The van der Waals surface area contributed by atoms with Crippen LogP contribution in [0.25, 0.3) is 0 Å². The summed E-state index contributed by atoms with van der Waals surface area (Å²) in [6, 6.07) is 5.42. The summed E-state index contributed by atoms with van der Waals surface area (Å²) in [4.78, 5) is 11.5. The predicted octanol–water partition coefficient (Wildman–Crippen LogP) is 1.79. The molecule has 19 heavy (non-hydrogen) atoms. The molecule has 2 aliphatic rings. The van der Waals surface area contributed by atoms with Gasteiger partial charge in [-0.2, -0.15) is 0 Å². The van der Waals surface area contributed by atoms with Crippen LogP contribution in [0.2, 0.25) is 0 Å². The number of hydrogen-bond acceptors (Lipinski definition) is 5. The van der Waals surface area contributed by atoms with Gasteiger partial charge in [0.1, 0.15) is 0 Å². The molecule has 1 aromatic rings. The van der Waals surface area contributed by atoms with Gasteiger partial charge in [-0.1, -0.05) is 0 Å². The van der Waals surface area contributed by atoms with E-state index in [-0.39, 0.29) is 18.1 Å². The lowest BCUT2D eigenvalue weighted by Crippen LogP contribution is -2.30. The Morgan fingerprint density at radius 2 is 2.32 bits per heavy atom. The smallest absolute Gasteiger partial charge is 0.337 e. The van der Waals surface area contributed by atoms with Gasteiger partial charge in [-0.25, -0.2) is 4.79 Å². The van der Waals surface area contributed by atoms with E-state index in [1.807, 2.05) is 0 Å². The van der Waals surface area contributed by atoms with Crippen LogP contribution in [0, 0.1) is 0 Å². The summed E-state index contributed by atoms with van der Waals surface area (Å²) in [6.45, 7) is 0. The lowest BCUT2D eigenvalue weighted by molar-refractivity contribution is 0.0601. The Balaban J connectivity index is 1.78. The molecule has 3 rings (SSSR count). The molecule has 0 amide bonds. The van der Waals surface area contributed by atoms with Gasteiger partial charge in [0.05, 0.1) is 42.3 Å². The molecule has 0 saturated carbocycles. The minimum absolute atomic E-state index is 0.270. The van der Waals surface area contributed by atoms with Crippen molar-refractivity contribution in [3.63, 3.8) is 0 Å². The summed E-state index contributed by atoms with van der Waals surface area (Å²) in [5.74, 6) is -0.354. The molecule has 3 atom stereocenters. The number of rotatable bonds is 3. The number of esters is 1. The van der Waals surface area contributed by atoms with Crippen LogP contribution in [-0.2, 0) is 9.47 Å². The molecule has 2 bridgehead atoms. The number of ether oxygens (including phenoxy) is 2. The molecular weight excluding hydrogens is 244 g/mol. The third-order valence-corrected chi connectivity index (χ3v) is 3.92. The molecule has 0 radical (unpaired) electrons. The number of anilines is 2. The van der Waals surface area contributed by atoms with Crippen molar-refractivity contribution in [3.05, 3.63) is 23.8 Å². The third kappa shape index (κ3) is 2.26. The largest absolute Gasteiger partial charge is 0.465 e. The van der Waals surface area contributed by atoms with Crippen molar-refractivity contribution < 1.29 is 14.3 Å². The van der Waals surface area contributed by atoms with E-state index < -0.39 is 0 Å². The molecule has 2 heterocycles. The number of benzene rings is 1. The summed E-state index contributed by atoms with van der Waals surface area (Å²) >= 11 is 0. The van der Waals surface area contributed by atoms with E-state index in [9.17, 15) is 4.79 Å². The fourth-order valence-electron chi connectivity index (χ4n) is 2.92. The molecule has 2 aliphatic heterocycles. The molecule has 1 aromatic carbocycles. The molecule has 0 aromatic heterocycles. The molecule has 102 valence electrons. The van der Waals surface area contributed by atoms with Crippen LogP contribution >= 0.6 is 0 Å². The highest BCUT2D eigenvalue weighted by Crippen LogP contribution is 2.36. The van der Waals surface area contributed by atoms with E-state index in [4.69, 9.17) is 15.2 Å². The summed E-state index contributed by atoms with van der Waals surface area (Å²) < 4.78 is 10.5. The minimum atomic E-state index is -0.354. The average molecular weight is 262 g/mol. The van der Waals surface area contributed by atoms with Crippen molar-refractivity contribution in [2.45, 2.75) is 37.5 Å². The molecule has 0 aliphatic carbocycles. The van der Waals surface area contributed by atoms with Crippen LogP contribution in [0.1, 0.15) is 29.6 Å². The maximum Gasteiger partial charge on any atom is 0.337 e. The van der Waals surface area contributed by atoms with Crippen LogP contribution < -0.4 is 11.1 Å². The molecule has 2 fully saturated rings. The highest BCUT2D eigenvalue weighted by atomic mass is 16.5. The fourth-order valence-corrected chi connectivity index (χ4v) is 2.92. The van der Waals surface area contributed by atoms with E-state index in [1.54, 1.807) is 18.2 Å². The van der Waals surface area contributed by atoms with E-state index in [0.717, 1.165) is 24.9 Å². The van der Waals surface area contributed by atoms with Crippen molar-refractivity contribution in [1.82, 2.24) is 0 Å². The minimum Gasteiger partial charge on any atom is -0.465 e. The molecular formula is C14H18N2O3. The van der Waals surface area contributed by atoms with Gasteiger partial charge in [0.15, 0.2) is 0 Å². The van der Waals surface area contributed by atoms with Crippen LogP contribution in [0.3, 0.4) is 0 Å². The number of methoxy groups -OCH3 is 1. The van der Waals surface area contributed by atoms with Gasteiger partial charge in [0, 0.05) is 0 Å². The van der Waals surface area contributed by atoms with Crippen molar-refractivity contribution in [1.29, 1.82) is 0 Å². The predicted molar refractivity (Wildman–Crippen MR) is 72.1 cm³/mol. The Hall–Kier alpha value is -1.75. The molecule has 2 saturated heterocycles. The summed E-state index contributed by atoms with van der Waals surface area (Å²) in [5, 5.41) is 3.40. The zero-order valence-electron chi connectivity index (χ0n) is 10.9. The number of fused-ring (bicyclic) bond motifs is 2. The first kappa shape index (κ1) is 12.3. The van der Waals surface area contributed by atoms with Crippen LogP contribution in [0.5, 0.6) is 0 Å². The number of carbonyl (C=O) groups is 1. The van der Waals surface area contributed by atoms with Crippen molar-refractivity contribution in [2.75, 3.05) is 18.2 Å². The third-order valence-electron chi connectivity index (χ3n) is 3.92. The van der Waals surface area contributed by atoms with Crippen LogP contribution in [0.4, 0.5) is 11.4 Å². The highest BCUT2D eigenvalue weighted by Gasteiger charge is 2.40. The zero-order valence-corrected chi connectivity index (χ0v) is 10.9.